The second-order valence-electron chi connectivity index (χ2n) is 9.69. The van der Waals surface area contributed by atoms with Crippen LogP contribution >= 0.6 is 11.3 Å². The number of benzene rings is 4. The topological polar surface area (TPSA) is 98.2 Å². The van der Waals surface area contributed by atoms with Gasteiger partial charge in [-0.25, -0.2) is 9.37 Å². The molecule has 1 fully saturated rings. The van der Waals surface area contributed by atoms with Gasteiger partial charge in [0, 0.05) is 5.56 Å². The number of amides is 1. The molecule has 2 heterocycles. The van der Waals surface area contributed by atoms with Crippen LogP contribution in [0.4, 0.5) is 9.52 Å². The van der Waals surface area contributed by atoms with Crippen molar-refractivity contribution in [1.29, 1.82) is 0 Å². The Morgan fingerprint density at radius 2 is 1.74 bits per heavy atom. The molecule has 1 aliphatic heterocycles. The Bertz CT molecular complexity index is 1890. The van der Waals surface area contributed by atoms with Crippen LogP contribution in [-0.2, 0) is 16.2 Å². The number of ketones is 1. The zero-order chi connectivity index (χ0) is 30.1. The number of rotatable bonds is 8. The number of halogens is 1. The number of ether oxygens (including phenoxy) is 3. The van der Waals surface area contributed by atoms with Gasteiger partial charge in [0.25, 0.3) is 5.78 Å². The van der Waals surface area contributed by atoms with Gasteiger partial charge in [-0.05, 0) is 53.6 Å². The molecule has 216 valence electrons. The summed E-state index contributed by atoms with van der Waals surface area (Å²) in [4.78, 5) is 33.0. The lowest BCUT2D eigenvalue weighted by Gasteiger charge is -2.24. The maximum Gasteiger partial charge on any atom is 0.301 e. The molecule has 5 aromatic rings. The highest BCUT2D eigenvalue weighted by atomic mass is 32.1. The third-order valence-corrected chi connectivity index (χ3v) is 8.09. The van der Waals surface area contributed by atoms with Crippen molar-refractivity contribution in [3.63, 3.8) is 0 Å². The number of thiazole rings is 1. The maximum atomic E-state index is 14.0. The lowest BCUT2D eigenvalue weighted by atomic mass is 9.95. The number of methoxy groups -OCH3 is 2. The first-order valence-corrected chi connectivity index (χ1v) is 14.1. The number of carbonyl (C=O) groups excluding carboxylic acids is 2. The molecule has 0 radical (unpaired) electrons. The number of aliphatic hydroxyl groups excluding tert-OH is 1. The fourth-order valence-corrected chi connectivity index (χ4v) is 5.99. The van der Waals surface area contributed by atoms with Crippen LogP contribution in [0.1, 0.15) is 22.7 Å². The highest BCUT2D eigenvalue weighted by molar-refractivity contribution is 7.22. The van der Waals surface area contributed by atoms with Gasteiger partial charge in [0.2, 0.25) is 0 Å². The molecule has 4 aromatic carbocycles. The van der Waals surface area contributed by atoms with E-state index in [4.69, 9.17) is 14.2 Å². The third kappa shape index (κ3) is 5.28. The summed E-state index contributed by atoms with van der Waals surface area (Å²) >= 11 is 1.07. The standard InChI is InChI=1S/C33H25FN2O6S/c1-40-23-10-6-9-21(15-23)30(37)28-29(20-11-14-25(26(16-20)41-2)42-18-19-7-4-3-5-8-19)36(32(39)31(28)38)33-35-24-13-12-22(34)17-27(24)43-33/h3-17,29,37H,18H2,1-2H3/b30-28+. The number of carbonyl (C=O) groups is 2. The van der Waals surface area contributed by atoms with Crippen molar-refractivity contribution in [3.8, 4) is 17.2 Å². The average Bonchev–Trinajstić information content (AvgIpc) is 3.57. The molecule has 0 aliphatic carbocycles. The van der Waals surface area contributed by atoms with Crippen molar-refractivity contribution in [1.82, 2.24) is 4.98 Å². The molecule has 1 unspecified atom stereocenters. The van der Waals surface area contributed by atoms with Crippen molar-refractivity contribution >= 4 is 44.1 Å². The molecule has 1 amide bonds. The first-order valence-electron chi connectivity index (χ1n) is 13.2. The van der Waals surface area contributed by atoms with Gasteiger partial charge in [0.1, 0.15) is 23.9 Å². The molecule has 1 saturated heterocycles. The zero-order valence-corrected chi connectivity index (χ0v) is 23.9. The van der Waals surface area contributed by atoms with Crippen LogP contribution in [0.3, 0.4) is 0 Å². The Labute approximate surface area is 250 Å². The Morgan fingerprint density at radius 3 is 2.51 bits per heavy atom. The van der Waals surface area contributed by atoms with E-state index < -0.39 is 23.5 Å². The molecule has 0 bridgehead atoms. The number of hydrogen-bond acceptors (Lipinski definition) is 8. The first kappa shape index (κ1) is 27.9. The Morgan fingerprint density at radius 1 is 0.930 bits per heavy atom. The van der Waals surface area contributed by atoms with Crippen molar-refractivity contribution in [2.75, 3.05) is 19.1 Å². The van der Waals surface area contributed by atoms with Crippen LogP contribution in [-0.4, -0.2) is 36.0 Å². The summed E-state index contributed by atoms with van der Waals surface area (Å²) in [5.41, 5.74) is 2.06. The summed E-state index contributed by atoms with van der Waals surface area (Å²) in [5.74, 6) is -1.31. The molecule has 0 saturated carbocycles. The second kappa shape index (κ2) is 11.6. The van der Waals surface area contributed by atoms with Crippen molar-refractivity contribution in [2.24, 2.45) is 0 Å². The summed E-state index contributed by atoms with van der Waals surface area (Å²) in [6, 6.07) is 24.3. The van der Waals surface area contributed by atoms with Crippen LogP contribution in [0.25, 0.3) is 16.0 Å². The third-order valence-electron chi connectivity index (χ3n) is 7.07. The fourth-order valence-electron chi connectivity index (χ4n) is 4.97. The van der Waals surface area contributed by atoms with Crippen molar-refractivity contribution < 1.29 is 33.3 Å². The minimum absolute atomic E-state index is 0.135. The van der Waals surface area contributed by atoms with Gasteiger partial charge in [-0.1, -0.05) is 59.9 Å². The van der Waals surface area contributed by atoms with E-state index in [1.165, 1.54) is 37.3 Å². The highest BCUT2D eigenvalue weighted by Gasteiger charge is 2.48. The number of anilines is 1. The number of hydrogen-bond donors (Lipinski definition) is 1. The van der Waals surface area contributed by atoms with E-state index in [2.05, 4.69) is 4.98 Å². The fraction of sp³-hybridized carbons (Fsp3) is 0.121. The van der Waals surface area contributed by atoms with Gasteiger partial charge in [-0.2, -0.15) is 0 Å². The molecule has 8 nitrogen and oxygen atoms in total. The Balaban J connectivity index is 1.48. The normalized spacial score (nSPS) is 16.1. The van der Waals surface area contributed by atoms with E-state index in [1.807, 2.05) is 30.3 Å². The molecular formula is C33H25FN2O6S. The molecule has 1 N–H and O–H groups in total. The average molecular weight is 597 g/mol. The summed E-state index contributed by atoms with van der Waals surface area (Å²) in [6.45, 7) is 0.299. The first-order chi connectivity index (χ1) is 20.9. The van der Waals surface area contributed by atoms with E-state index in [9.17, 15) is 19.1 Å². The zero-order valence-electron chi connectivity index (χ0n) is 23.1. The predicted molar refractivity (Wildman–Crippen MR) is 161 cm³/mol. The molecule has 1 atom stereocenters. The van der Waals surface area contributed by atoms with Crippen molar-refractivity contribution in [3.05, 3.63) is 119 Å². The number of fused-ring (bicyclic) bond motifs is 1. The molecule has 10 heteroatoms. The monoisotopic (exact) mass is 596 g/mol. The molecule has 0 spiro atoms. The van der Waals surface area contributed by atoms with E-state index >= 15 is 0 Å². The van der Waals surface area contributed by atoms with Gasteiger partial charge in [0.15, 0.2) is 16.6 Å². The van der Waals surface area contributed by atoms with Crippen LogP contribution in [0.5, 0.6) is 17.2 Å². The molecule has 6 rings (SSSR count). The Kier molecular flexibility index (Phi) is 7.52. The molecule has 43 heavy (non-hydrogen) atoms. The van der Waals surface area contributed by atoms with Crippen LogP contribution < -0.4 is 19.1 Å². The lowest BCUT2D eigenvalue weighted by molar-refractivity contribution is -0.132. The van der Waals surface area contributed by atoms with E-state index in [1.54, 1.807) is 42.5 Å². The summed E-state index contributed by atoms with van der Waals surface area (Å²) in [6.07, 6.45) is 0. The SMILES string of the molecule is COc1cccc(/C(O)=C2\C(=O)C(=O)N(c3nc4ccc(F)cc4s3)C2c2ccc(OCc3ccccc3)c(OC)c2)c1. The highest BCUT2D eigenvalue weighted by Crippen LogP contribution is 2.46. The van der Waals surface area contributed by atoms with Gasteiger partial charge >= 0.3 is 5.91 Å². The van der Waals surface area contributed by atoms with Crippen LogP contribution in [0, 0.1) is 5.82 Å². The smallest absolute Gasteiger partial charge is 0.301 e. The van der Waals surface area contributed by atoms with Crippen LogP contribution in [0.15, 0.2) is 96.6 Å². The largest absolute Gasteiger partial charge is 0.507 e. The summed E-state index contributed by atoms with van der Waals surface area (Å²) < 4.78 is 31.4. The second-order valence-corrected chi connectivity index (χ2v) is 10.7. The van der Waals surface area contributed by atoms with Crippen LogP contribution in [0.2, 0.25) is 0 Å². The van der Waals surface area contributed by atoms with Gasteiger partial charge in [-0.3, -0.25) is 14.5 Å². The number of nitrogens with zero attached hydrogens (tertiary/aromatic N) is 2. The van der Waals surface area contributed by atoms with Crippen molar-refractivity contribution in [2.45, 2.75) is 12.6 Å². The minimum Gasteiger partial charge on any atom is -0.507 e. The maximum absolute atomic E-state index is 14.0. The quantitative estimate of drug-likeness (QED) is 0.122. The van der Waals surface area contributed by atoms with E-state index in [0.29, 0.717) is 45.2 Å². The van der Waals surface area contributed by atoms with Gasteiger partial charge < -0.3 is 19.3 Å². The lowest BCUT2D eigenvalue weighted by Crippen LogP contribution is -2.29. The number of aromatic nitrogens is 1. The summed E-state index contributed by atoms with van der Waals surface area (Å²) in [5, 5.41) is 11.7. The van der Waals surface area contributed by atoms with Gasteiger partial charge in [-0.15, -0.1) is 0 Å². The van der Waals surface area contributed by atoms with Gasteiger partial charge in [0.05, 0.1) is 36.1 Å². The molecular weight excluding hydrogens is 571 g/mol. The van der Waals surface area contributed by atoms with E-state index in [-0.39, 0.29) is 16.5 Å². The number of aliphatic hydroxyl groups is 1. The minimum atomic E-state index is -1.08. The van der Waals surface area contributed by atoms with E-state index in [0.717, 1.165) is 16.9 Å². The predicted octanol–water partition coefficient (Wildman–Crippen LogP) is 6.66. The molecule has 1 aliphatic rings. The number of Topliss-reactive ketones (excluding diaryl/α,β-unsaturated/α-hetero) is 1. The summed E-state index contributed by atoms with van der Waals surface area (Å²) in [7, 11) is 2.98. The Hall–Kier alpha value is -5.22. The molecule has 1 aromatic heterocycles.